The van der Waals surface area contributed by atoms with Gasteiger partial charge in [0.15, 0.2) is 11.8 Å². The first-order chi connectivity index (χ1) is 20.0. The summed E-state index contributed by atoms with van der Waals surface area (Å²) in [7, 11) is 4.78. The molecule has 2 amide bonds. The number of ether oxygens (including phenoxy) is 3. The van der Waals surface area contributed by atoms with Gasteiger partial charge in [0.1, 0.15) is 48.5 Å². The molecule has 0 saturated carbocycles. The largest absolute Gasteiger partial charge is 0.479 e. The molecule has 1 fully saturated rings. The van der Waals surface area contributed by atoms with Crippen LogP contribution in [0.4, 0.5) is 15.4 Å². The molecule has 0 unspecified atom stereocenters. The van der Waals surface area contributed by atoms with Gasteiger partial charge in [-0.25, -0.2) is 24.4 Å². The van der Waals surface area contributed by atoms with Gasteiger partial charge < -0.3 is 49.8 Å². The zero-order valence-electron chi connectivity index (χ0n) is 22.9. The lowest BCUT2D eigenvalue weighted by Gasteiger charge is -2.38. The number of anilines is 1. The Hall–Kier alpha value is -4.58. The highest BCUT2D eigenvalue weighted by Crippen LogP contribution is 2.26. The van der Waals surface area contributed by atoms with E-state index in [1.165, 1.54) is 46.1 Å². The fourth-order valence-corrected chi connectivity index (χ4v) is 4.13. The molecule has 5 N–H and O–H groups in total. The smallest absolute Gasteiger partial charge is 0.409 e. The number of likely N-dealkylation sites (N-methyl/N-ethyl adjacent to an activating group) is 2. The molecule has 1 saturated heterocycles. The average Bonchev–Trinajstić information content (AvgIpc) is 3.43. The maximum atomic E-state index is 13.0. The number of carbonyl (C=O) groups is 3. The van der Waals surface area contributed by atoms with E-state index in [1.807, 2.05) is 0 Å². The van der Waals surface area contributed by atoms with E-state index in [4.69, 9.17) is 14.2 Å². The van der Waals surface area contributed by atoms with Gasteiger partial charge in [0.2, 0.25) is 6.29 Å². The van der Waals surface area contributed by atoms with E-state index in [0.29, 0.717) is 16.9 Å². The maximum absolute atomic E-state index is 13.0. The van der Waals surface area contributed by atoms with E-state index < -0.39 is 42.8 Å². The van der Waals surface area contributed by atoms with E-state index in [1.54, 1.807) is 26.4 Å². The molecule has 226 valence electrons. The summed E-state index contributed by atoms with van der Waals surface area (Å²) in [6.07, 6.45) is -5.41. The van der Waals surface area contributed by atoms with E-state index in [9.17, 15) is 34.8 Å². The molecular formula is C25H31N7O10. The van der Waals surface area contributed by atoms with Crippen LogP contribution in [0.3, 0.4) is 0 Å². The second-order valence-corrected chi connectivity index (χ2v) is 9.38. The summed E-state index contributed by atoms with van der Waals surface area (Å²) in [5, 5.41) is 43.0. The number of aromatic nitrogens is 4. The normalized spacial score (nSPS) is 21.9. The quantitative estimate of drug-likeness (QED) is 0.208. The molecule has 42 heavy (non-hydrogen) atoms. The van der Waals surface area contributed by atoms with Crippen LogP contribution in [-0.2, 0) is 20.9 Å². The number of rotatable bonds is 9. The third-order valence-corrected chi connectivity index (χ3v) is 6.57. The molecule has 0 radical (unpaired) electrons. The van der Waals surface area contributed by atoms with Crippen LogP contribution < -0.4 is 10.1 Å². The number of pyridine rings is 1. The number of hydrogen-bond acceptors (Lipinski definition) is 13. The summed E-state index contributed by atoms with van der Waals surface area (Å²) >= 11 is 0. The monoisotopic (exact) mass is 589 g/mol. The number of aliphatic hydroxyl groups is 3. The summed E-state index contributed by atoms with van der Waals surface area (Å²) < 4.78 is 17.4. The molecule has 17 heteroatoms. The molecule has 0 aromatic carbocycles. The van der Waals surface area contributed by atoms with Gasteiger partial charge in [-0.1, -0.05) is 0 Å². The van der Waals surface area contributed by atoms with Gasteiger partial charge in [0, 0.05) is 46.6 Å². The molecule has 1 aliphatic rings. The number of hydrogen-bond donors (Lipinski definition) is 5. The van der Waals surface area contributed by atoms with Crippen LogP contribution >= 0.6 is 0 Å². The van der Waals surface area contributed by atoms with Crippen LogP contribution in [0.25, 0.3) is 11.0 Å². The van der Waals surface area contributed by atoms with Crippen molar-refractivity contribution >= 4 is 34.9 Å². The van der Waals surface area contributed by atoms with Gasteiger partial charge in [0.05, 0.1) is 5.39 Å². The lowest BCUT2D eigenvalue weighted by atomic mass is 9.99. The van der Waals surface area contributed by atoms with Crippen molar-refractivity contribution in [3.05, 3.63) is 42.6 Å². The topological polar surface area (TPSA) is 222 Å². The Kier molecular flexibility index (Phi) is 9.36. The summed E-state index contributed by atoms with van der Waals surface area (Å²) in [6, 6.07) is 4.26. The number of aliphatic carboxylic acids is 1. The first kappa shape index (κ1) is 30.4. The second-order valence-electron chi connectivity index (χ2n) is 9.38. The Balaban J connectivity index is 1.32. The number of carboxylic acids is 1. The van der Waals surface area contributed by atoms with Gasteiger partial charge in [-0.3, -0.25) is 9.55 Å². The van der Waals surface area contributed by atoms with Crippen LogP contribution in [0.2, 0.25) is 0 Å². The van der Waals surface area contributed by atoms with E-state index >= 15 is 0 Å². The number of nitrogens with zero attached hydrogens (tertiary/aromatic N) is 6. The summed E-state index contributed by atoms with van der Waals surface area (Å²) in [5.41, 5.74) is 0.542. The predicted octanol–water partition coefficient (Wildman–Crippen LogP) is -0.692. The summed E-state index contributed by atoms with van der Waals surface area (Å²) in [6.45, 7) is -0.0727. The van der Waals surface area contributed by atoms with Crippen molar-refractivity contribution in [3.8, 4) is 5.75 Å². The minimum absolute atomic E-state index is 0.0146. The lowest BCUT2D eigenvalue weighted by molar-refractivity contribution is -0.271. The van der Waals surface area contributed by atoms with Crippen LogP contribution in [-0.4, -0.2) is 133 Å². The fraction of sp³-hybridized carbons (Fsp3) is 0.440. The lowest BCUT2D eigenvalue weighted by Crippen LogP contribution is -2.61. The zero-order chi connectivity index (χ0) is 30.6. The van der Waals surface area contributed by atoms with Crippen molar-refractivity contribution in [3.63, 3.8) is 0 Å². The highest BCUT2D eigenvalue weighted by atomic mass is 16.7. The van der Waals surface area contributed by atoms with Crippen molar-refractivity contribution in [2.24, 2.45) is 0 Å². The molecule has 0 bridgehead atoms. The van der Waals surface area contributed by atoms with Crippen molar-refractivity contribution in [2.75, 3.05) is 39.5 Å². The van der Waals surface area contributed by atoms with Crippen LogP contribution in [0.1, 0.15) is 5.69 Å². The number of nitrogens with one attached hydrogen (secondary N) is 1. The van der Waals surface area contributed by atoms with E-state index in [2.05, 4.69) is 20.3 Å². The molecule has 3 aromatic heterocycles. The number of carboxylic acid groups (broad SMARTS) is 1. The molecule has 17 nitrogen and oxygen atoms in total. The van der Waals surface area contributed by atoms with Crippen LogP contribution in [0, 0.1) is 0 Å². The van der Waals surface area contributed by atoms with Crippen LogP contribution in [0.15, 0.2) is 36.9 Å². The zero-order valence-corrected chi connectivity index (χ0v) is 22.9. The molecule has 0 spiro atoms. The van der Waals surface area contributed by atoms with E-state index in [-0.39, 0.29) is 37.2 Å². The van der Waals surface area contributed by atoms with Crippen molar-refractivity contribution in [2.45, 2.75) is 37.3 Å². The van der Waals surface area contributed by atoms with Gasteiger partial charge in [0.25, 0.3) is 0 Å². The molecule has 0 aliphatic carbocycles. The Morgan fingerprint density at radius 3 is 2.50 bits per heavy atom. The van der Waals surface area contributed by atoms with Gasteiger partial charge in [-0.2, -0.15) is 0 Å². The van der Waals surface area contributed by atoms with Crippen molar-refractivity contribution in [1.29, 1.82) is 0 Å². The highest BCUT2D eigenvalue weighted by molar-refractivity contribution is 5.94. The highest BCUT2D eigenvalue weighted by Gasteiger charge is 2.48. The first-order valence-corrected chi connectivity index (χ1v) is 12.7. The number of aliphatic hydroxyl groups excluding tert-OH is 3. The van der Waals surface area contributed by atoms with Crippen molar-refractivity contribution in [1.82, 2.24) is 29.3 Å². The Morgan fingerprint density at radius 1 is 1.05 bits per heavy atom. The third-order valence-electron chi connectivity index (χ3n) is 6.57. The maximum Gasteiger partial charge on any atom is 0.409 e. The predicted molar refractivity (Wildman–Crippen MR) is 142 cm³/mol. The van der Waals surface area contributed by atoms with Gasteiger partial charge in [-0.05, 0) is 18.2 Å². The molecular weight excluding hydrogens is 558 g/mol. The average molecular weight is 590 g/mol. The standard InChI is InChI=1S/C25H31N7O10/c1-26-20-13-6-8-32(21(13)29-12-28-20)24(38)30(2)9-10-31(3)25(39)40-11-14-15(5-4-7-27-14)41-23-18(35)16(33)17(34)19(42-23)22(36)37/h4-8,12,16-19,23,33-35H,9-11H2,1-3H3,(H,36,37)(H,26,28,29)/t16-,17-,18+,19-,23+/m0/s1. The van der Waals surface area contributed by atoms with Crippen molar-refractivity contribution < 1.29 is 49.0 Å². The molecule has 5 atom stereocenters. The Bertz CT molecular complexity index is 1440. The minimum atomic E-state index is -1.88. The van der Waals surface area contributed by atoms with Crippen LogP contribution in [0.5, 0.6) is 5.75 Å². The van der Waals surface area contributed by atoms with Gasteiger partial charge in [-0.15, -0.1) is 0 Å². The summed E-state index contributed by atoms with van der Waals surface area (Å²) in [5.74, 6) is -0.989. The fourth-order valence-electron chi connectivity index (χ4n) is 4.13. The molecule has 3 aromatic rings. The molecule has 4 heterocycles. The number of fused-ring (bicyclic) bond motifs is 1. The van der Waals surface area contributed by atoms with Gasteiger partial charge >= 0.3 is 18.1 Å². The molecule has 4 rings (SSSR count). The Labute approximate surface area is 238 Å². The Morgan fingerprint density at radius 2 is 1.79 bits per heavy atom. The third kappa shape index (κ3) is 6.33. The minimum Gasteiger partial charge on any atom is -0.479 e. The van der Waals surface area contributed by atoms with E-state index in [0.717, 1.165) is 0 Å². The molecule has 1 aliphatic heterocycles. The first-order valence-electron chi connectivity index (χ1n) is 12.7. The summed E-state index contributed by atoms with van der Waals surface area (Å²) in [4.78, 5) is 52.1. The SMILES string of the molecule is CNc1ncnc2c1ccn2C(=O)N(C)CCN(C)C(=O)OCc1ncccc1O[C@@H]1O[C@H](C(=O)O)[C@@H](O)[C@H](O)[C@H]1O. The number of amides is 2. The number of carbonyl (C=O) groups excluding carboxylic acids is 2. The second kappa shape index (κ2) is 12.9.